The maximum Gasteiger partial charge on any atom is 0.330 e. The number of carbonyl (C=O) groups excluding carboxylic acids is 4. The van der Waals surface area contributed by atoms with Gasteiger partial charge < -0.3 is 14.8 Å². The van der Waals surface area contributed by atoms with Crippen LogP contribution in [0.4, 0.5) is 11.4 Å². The van der Waals surface area contributed by atoms with E-state index in [1.165, 1.54) is 19.2 Å². The number of fused-ring (bicyclic) bond motifs is 1. The third-order valence-corrected chi connectivity index (χ3v) is 10.1. The van der Waals surface area contributed by atoms with Crippen LogP contribution in [0.25, 0.3) is 0 Å². The van der Waals surface area contributed by atoms with E-state index in [9.17, 15) is 29.3 Å². The molecule has 1 aliphatic heterocycles. The number of hydrogen-bond donors (Lipinski definition) is 1. The van der Waals surface area contributed by atoms with Crippen LogP contribution in [0.2, 0.25) is 0 Å². The van der Waals surface area contributed by atoms with E-state index in [1.807, 2.05) is 0 Å². The zero-order valence-corrected chi connectivity index (χ0v) is 25.6. The minimum atomic E-state index is -1.34. The summed E-state index contributed by atoms with van der Waals surface area (Å²) in [4.78, 5) is 63.4. The number of halogens is 4. The molecule has 2 aromatic carbocycles. The number of nitrogens with zero attached hydrogens (tertiary/aromatic N) is 2. The zero-order valence-electron chi connectivity index (χ0n) is 19.3. The number of nitro groups is 1. The van der Waals surface area contributed by atoms with Gasteiger partial charge in [-0.2, -0.15) is 0 Å². The Hall–Kier alpha value is -2.36. The quantitative estimate of drug-likeness (QED) is 0.0932. The van der Waals surface area contributed by atoms with E-state index in [-0.39, 0.29) is 22.6 Å². The Balaban J connectivity index is 1.80. The summed E-state index contributed by atoms with van der Waals surface area (Å²) >= 11 is 13.3. The van der Waals surface area contributed by atoms with Crippen molar-refractivity contribution in [1.29, 1.82) is 0 Å². The zero-order chi connectivity index (χ0) is 27.8. The standard InChI is InChI=1S/C22H17Br4N3O8/c1-8(2)19(28-20(31)13-14(21(28)32)16(24)18(26)17(25)15(13)23)22(33)37-7-12(30)27-10-5-4-9(36-3)6-11(10)29(34)35/h4-6,8,19H,7H2,1-3H3,(H,27,30). The van der Waals surface area contributed by atoms with E-state index in [2.05, 4.69) is 69.0 Å². The normalized spacial score (nSPS) is 13.5. The van der Waals surface area contributed by atoms with Crippen LogP contribution in [0, 0.1) is 16.0 Å². The lowest BCUT2D eigenvalue weighted by molar-refractivity contribution is -0.384. The summed E-state index contributed by atoms with van der Waals surface area (Å²) in [5.74, 6) is -3.62. The van der Waals surface area contributed by atoms with Crippen LogP contribution in [-0.2, 0) is 14.3 Å². The molecule has 0 aliphatic carbocycles. The molecule has 37 heavy (non-hydrogen) atoms. The number of carbonyl (C=O) groups is 4. The summed E-state index contributed by atoms with van der Waals surface area (Å²) in [6.45, 7) is 2.43. The third kappa shape index (κ3) is 5.59. The molecule has 15 heteroatoms. The van der Waals surface area contributed by atoms with E-state index in [4.69, 9.17) is 9.47 Å². The first kappa shape index (κ1) is 29.2. The molecule has 1 heterocycles. The highest BCUT2D eigenvalue weighted by Gasteiger charge is 2.48. The molecule has 3 rings (SSSR count). The maximum atomic E-state index is 13.3. The summed E-state index contributed by atoms with van der Waals surface area (Å²) in [5.41, 5.74) is -0.415. The monoisotopic (exact) mass is 767 g/mol. The molecule has 0 saturated carbocycles. The Morgan fingerprint density at radius 3 is 2.03 bits per heavy atom. The van der Waals surface area contributed by atoms with Crippen LogP contribution in [-0.4, -0.2) is 53.3 Å². The highest BCUT2D eigenvalue weighted by Crippen LogP contribution is 2.46. The third-order valence-electron chi connectivity index (χ3n) is 5.30. The fourth-order valence-electron chi connectivity index (χ4n) is 3.60. The summed E-state index contributed by atoms with van der Waals surface area (Å²) in [6.07, 6.45) is 0. The number of benzene rings is 2. The van der Waals surface area contributed by atoms with Crippen molar-refractivity contribution < 1.29 is 33.6 Å². The van der Waals surface area contributed by atoms with Gasteiger partial charge in [-0.1, -0.05) is 13.8 Å². The van der Waals surface area contributed by atoms with Crippen LogP contribution < -0.4 is 10.1 Å². The number of ether oxygens (including phenoxy) is 2. The summed E-state index contributed by atoms with van der Waals surface area (Å²) in [6, 6.07) is 2.48. The SMILES string of the molecule is COc1ccc(NC(=O)COC(=O)C(C(C)C)N2C(=O)c3c(Br)c(Br)c(Br)c(Br)c3C2=O)c([N+](=O)[O-])c1. The highest BCUT2D eigenvalue weighted by atomic mass is 79.9. The van der Waals surface area contributed by atoms with Crippen molar-refractivity contribution in [3.63, 3.8) is 0 Å². The number of rotatable bonds is 8. The number of methoxy groups -OCH3 is 1. The van der Waals surface area contributed by atoms with Gasteiger partial charge >= 0.3 is 5.97 Å². The van der Waals surface area contributed by atoms with Crippen molar-refractivity contribution in [1.82, 2.24) is 4.90 Å². The Kier molecular flexibility index (Phi) is 9.14. The molecule has 11 nitrogen and oxygen atoms in total. The molecule has 2 aromatic rings. The van der Waals surface area contributed by atoms with Gasteiger partial charge in [-0.3, -0.25) is 29.4 Å². The second kappa shape index (κ2) is 11.6. The van der Waals surface area contributed by atoms with Crippen LogP contribution in [0.15, 0.2) is 36.1 Å². The average Bonchev–Trinajstić information content (AvgIpc) is 3.10. The van der Waals surface area contributed by atoms with E-state index < -0.39 is 52.9 Å². The van der Waals surface area contributed by atoms with Crippen LogP contribution in [0.5, 0.6) is 5.75 Å². The average molecular weight is 771 g/mol. The molecule has 0 bridgehead atoms. The number of anilines is 1. The van der Waals surface area contributed by atoms with Gasteiger partial charge in [0.2, 0.25) is 0 Å². The molecule has 3 amide bonds. The summed E-state index contributed by atoms with van der Waals surface area (Å²) in [5, 5.41) is 13.6. The molecule has 1 atom stereocenters. The largest absolute Gasteiger partial charge is 0.496 e. The van der Waals surface area contributed by atoms with Crippen molar-refractivity contribution in [2.75, 3.05) is 19.0 Å². The number of amides is 3. The molecule has 1 aliphatic rings. The maximum absolute atomic E-state index is 13.3. The molecule has 0 spiro atoms. The summed E-state index contributed by atoms with van der Waals surface area (Å²) < 4.78 is 11.7. The second-order valence-corrected chi connectivity index (χ2v) is 11.1. The van der Waals surface area contributed by atoms with Crippen molar-refractivity contribution in [3.8, 4) is 5.75 Å². The van der Waals surface area contributed by atoms with Gasteiger partial charge in [0.05, 0.1) is 29.2 Å². The fraction of sp³-hybridized carbons (Fsp3) is 0.273. The van der Waals surface area contributed by atoms with Gasteiger partial charge in [0.25, 0.3) is 23.4 Å². The summed E-state index contributed by atoms with van der Waals surface area (Å²) in [7, 11) is 1.34. The molecule has 0 saturated heterocycles. The first-order valence-corrected chi connectivity index (χ1v) is 13.5. The van der Waals surface area contributed by atoms with Gasteiger partial charge in [-0.15, -0.1) is 0 Å². The van der Waals surface area contributed by atoms with Gasteiger partial charge in [0.15, 0.2) is 6.61 Å². The van der Waals surface area contributed by atoms with E-state index >= 15 is 0 Å². The van der Waals surface area contributed by atoms with Gasteiger partial charge in [0, 0.05) is 17.9 Å². The van der Waals surface area contributed by atoms with E-state index in [1.54, 1.807) is 13.8 Å². The Morgan fingerprint density at radius 1 is 1.03 bits per heavy atom. The number of imide groups is 1. The lowest BCUT2D eigenvalue weighted by Crippen LogP contribution is -2.49. The molecule has 0 radical (unpaired) electrons. The highest BCUT2D eigenvalue weighted by molar-refractivity contribution is 9.15. The predicted molar refractivity (Wildman–Crippen MR) is 146 cm³/mol. The number of esters is 1. The number of hydrogen-bond acceptors (Lipinski definition) is 8. The fourth-order valence-corrected chi connectivity index (χ4v) is 6.06. The van der Waals surface area contributed by atoms with Crippen LogP contribution in [0.1, 0.15) is 34.6 Å². The molecule has 0 aromatic heterocycles. The lowest BCUT2D eigenvalue weighted by Gasteiger charge is -2.27. The first-order chi connectivity index (χ1) is 17.3. The van der Waals surface area contributed by atoms with Crippen LogP contribution in [0.3, 0.4) is 0 Å². The van der Waals surface area contributed by atoms with E-state index in [0.29, 0.717) is 17.9 Å². The van der Waals surface area contributed by atoms with Crippen molar-refractivity contribution >= 4 is 98.8 Å². The predicted octanol–water partition coefficient (Wildman–Crippen LogP) is 5.46. The molecule has 196 valence electrons. The minimum Gasteiger partial charge on any atom is -0.496 e. The van der Waals surface area contributed by atoms with Crippen molar-refractivity contribution in [3.05, 3.63) is 57.3 Å². The molecule has 1 N–H and O–H groups in total. The minimum absolute atomic E-state index is 0.0648. The first-order valence-electron chi connectivity index (χ1n) is 10.3. The van der Waals surface area contributed by atoms with Crippen LogP contribution >= 0.6 is 63.7 Å². The topological polar surface area (TPSA) is 145 Å². The van der Waals surface area contributed by atoms with Crippen molar-refractivity contribution in [2.45, 2.75) is 19.9 Å². The lowest BCUT2D eigenvalue weighted by atomic mass is 10.0. The Morgan fingerprint density at radius 2 is 1.57 bits per heavy atom. The van der Waals surface area contributed by atoms with Crippen molar-refractivity contribution in [2.24, 2.45) is 5.92 Å². The number of nitro benzene ring substituents is 1. The molecular formula is C22H17Br4N3O8. The number of nitrogens with one attached hydrogen (secondary N) is 1. The molecule has 0 fully saturated rings. The molecular weight excluding hydrogens is 754 g/mol. The van der Waals surface area contributed by atoms with E-state index in [0.717, 1.165) is 11.0 Å². The Bertz CT molecular complexity index is 1300. The molecule has 1 unspecified atom stereocenters. The van der Waals surface area contributed by atoms with Gasteiger partial charge in [-0.05, 0) is 81.8 Å². The van der Waals surface area contributed by atoms with Gasteiger partial charge in [0.1, 0.15) is 17.5 Å². The Labute approximate surface area is 243 Å². The smallest absolute Gasteiger partial charge is 0.330 e. The van der Waals surface area contributed by atoms with Gasteiger partial charge in [-0.25, -0.2) is 4.79 Å². The second-order valence-electron chi connectivity index (χ2n) is 7.97.